The van der Waals surface area contributed by atoms with Crippen molar-refractivity contribution in [2.24, 2.45) is 0 Å². The number of Topliss-reactive ketones (excluding diaryl/α,β-unsaturated/α-hetero) is 1. The topological polar surface area (TPSA) is 34.1 Å². The lowest BCUT2D eigenvalue weighted by Gasteiger charge is -2.05. The fourth-order valence-electron chi connectivity index (χ4n) is 1.60. The van der Waals surface area contributed by atoms with Crippen molar-refractivity contribution in [2.75, 3.05) is 5.75 Å². The highest BCUT2D eigenvalue weighted by molar-refractivity contribution is 7.85. The van der Waals surface area contributed by atoms with Crippen molar-refractivity contribution in [1.29, 1.82) is 0 Å². The standard InChI is InChI=1S/C14H8Cl2F2O2S/c15-10-3-1-8(5-11(10)16)13(19)7-21(20)14-6-9(17)2-4-12(14)18/h1-6H,7H2. The Hall–Kier alpha value is -1.30. The van der Waals surface area contributed by atoms with Crippen molar-refractivity contribution in [3.05, 3.63) is 63.6 Å². The molecule has 0 saturated carbocycles. The first kappa shape index (κ1) is 16.1. The lowest BCUT2D eigenvalue weighted by Crippen LogP contribution is -2.12. The molecule has 110 valence electrons. The van der Waals surface area contributed by atoms with Gasteiger partial charge in [0.15, 0.2) is 5.78 Å². The molecule has 2 rings (SSSR count). The second kappa shape index (κ2) is 6.64. The van der Waals surface area contributed by atoms with Crippen molar-refractivity contribution in [1.82, 2.24) is 0 Å². The quantitative estimate of drug-likeness (QED) is 0.773. The van der Waals surface area contributed by atoms with Gasteiger partial charge < -0.3 is 0 Å². The molecule has 0 fully saturated rings. The van der Waals surface area contributed by atoms with Gasteiger partial charge in [0.25, 0.3) is 0 Å². The molecule has 0 amide bonds. The highest BCUT2D eigenvalue weighted by atomic mass is 35.5. The minimum atomic E-state index is -1.99. The normalized spacial score (nSPS) is 12.2. The van der Waals surface area contributed by atoms with Crippen LogP contribution in [-0.2, 0) is 10.8 Å². The number of halogens is 4. The number of carbonyl (C=O) groups excluding carboxylic acids is 1. The first-order chi connectivity index (χ1) is 9.88. The van der Waals surface area contributed by atoms with Crippen LogP contribution < -0.4 is 0 Å². The average Bonchev–Trinajstić information content (AvgIpc) is 2.44. The van der Waals surface area contributed by atoms with E-state index in [0.29, 0.717) is 0 Å². The van der Waals surface area contributed by atoms with Crippen molar-refractivity contribution < 1.29 is 17.8 Å². The molecule has 1 atom stereocenters. The second-order valence-electron chi connectivity index (χ2n) is 4.12. The Bertz CT molecular complexity index is 735. The number of hydrogen-bond acceptors (Lipinski definition) is 2. The van der Waals surface area contributed by atoms with Crippen LogP contribution in [0.15, 0.2) is 41.3 Å². The Morgan fingerprint density at radius 1 is 1.05 bits per heavy atom. The molecule has 0 heterocycles. The van der Waals surface area contributed by atoms with Crippen LogP contribution in [0, 0.1) is 11.6 Å². The molecule has 0 saturated heterocycles. The number of carbonyl (C=O) groups is 1. The molecule has 1 unspecified atom stereocenters. The number of benzene rings is 2. The molecule has 0 radical (unpaired) electrons. The SMILES string of the molecule is O=C(CS(=O)c1cc(F)ccc1F)c1ccc(Cl)c(Cl)c1. The summed E-state index contributed by atoms with van der Waals surface area (Å²) in [6.45, 7) is 0. The summed E-state index contributed by atoms with van der Waals surface area (Å²) in [6.07, 6.45) is 0. The third-order valence-corrected chi connectivity index (χ3v) is 4.71. The van der Waals surface area contributed by atoms with Crippen LogP contribution in [0.25, 0.3) is 0 Å². The van der Waals surface area contributed by atoms with Gasteiger partial charge in [0.1, 0.15) is 11.6 Å². The maximum absolute atomic E-state index is 13.5. The van der Waals surface area contributed by atoms with E-state index >= 15 is 0 Å². The van der Waals surface area contributed by atoms with E-state index in [-0.39, 0.29) is 20.5 Å². The van der Waals surface area contributed by atoms with E-state index in [4.69, 9.17) is 23.2 Å². The molecule has 7 heteroatoms. The maximum atomic E-state index is 13.5. The van der Waals surface area contributed by atoms with E-state index in [2.05, 4.69) is 0 Å². The summed E-state index contributed by atoms with van der Waals surface area (Å²) < 4.78 is 38.5. The Kier molecular flexibility index (Phi) is 5.08. The highest BCUT2D eigenvalue weighted by Crippen LogP contribution is 2.23. The minimum absolute atomic E-state index is 0.185. The van der Waals surface area contributed by atoms with Crippen LogP contribution in [0.2, 0.25) is 10.0 Å². The van der Waals surface area contributed by atoms with Crippen LogP contribution in [-0.4, -0.2) is 15.7 Å². The van der Waals surface area contributed by atoms with Crippen LogP contribution in [0.5, 0.6) is 0 Å². The minimum Gasteiger partial charge on any atom is -0.293 e. The van der Waals surface area contributed by atoms with Crippen LogP contribution in [0.1, 0.15) is 10.4 Å². The molecule has 0 aliphatic carbocycles. The first-order valence-corrected chi connectivity index (χ1v) is 7.77. The van der Waals surface area contributed by atoms with Crippen LogP contribution in [0.3, 0.4) is 0 Å². The van der Waals surface area contributed by atoms with Gasteiger partial charge in [0.05, 0.1) is 31.5 Å². The van der Waals surface area contributed by atoms with Gasteiger partial charge in [-0.1, -0.05) is 23.2 Å². The van der Waals surface area contributed by atoms with Crippen LogP contribution >= 0.6 is 23.2 Å². The summed E-state index contributed by atoms with van der Waals surface area (Å²) in [5.41, 5.74) is 0.203. The third kappa shape index (κ3) is 3.87. The monoisotopic (exact) mass is 348 g/mol. The van der Waals surface area contributed by atoms with E-state index in [1.807, 2.05) is 0 Å². The Morgan fingerprint density at radius 3 is 2.43 bits per heavy atom. The summed E-state index contributed by atoms with van der Waals surface area (Å²) in [4.78, 5) is 11.6. The summed E-state index contributed by atoms with van der Waals surface area (Å²) in [6, 6.07) is 6.79. The largest absolute Gasteiger partial charge is 0.293 e. The number of rotatable bonds is 4. The molecule has 0 spiro atoms. The van der Waals surface area contributed by atoms with Gasteiger partial charge >= 0.3 is 0 Å². The molecule has 2 nitrogen and oxygen atoms in total. The summed E-state index contributed by atoms with van der Waals surface area (Å²) >= 11 is 11.5. The fourth-order valence-corrected chi connectivity index (χ4v) is 2.99. The van der Waals surface area contributed by atoms with Gasteiger partial charge in [0.2, 0.25) is 0 Å². The third-order valence-electron chi connectivity index (χ3n) is 2.64. The van der Waals surface area contributed by atoms with Crippen molar-refractivity contribution in [2.45, 2.75) is 4.90 Å². The van der Waals surface area contributed by atoms with Crippen molar-refractivity contribution in [3.63, 3.8) is 0 Å². The Balaban J connectivity index is 2.20. The predicted octanol–water partition coefficient (Wildman–Crippen LogP) is 4.26. The fraction of sp³-hybridized carbons (Fsp3) is 0.0714. The molecule has 2 aromatic carbocycles. The predicted molar refractivity (Wildman–Crippen MR) is 78.4 cm³/mol. The van der Waals surface area contributed by atoms with E-state index in [1.54, 1.807) is 0 Å². The van der Waals surface area contributed by atoms with Gasteiger partial charge in [-0.25, -0.2) is 8.78 Å². The van der Waals surface area contributed by atoms with E-state index in [9.17, 15) is 17.8 Å². The van der Waals surface area contributed by atoms with Gasteiger partial charge in [-0.05, 0) is 36.4 Å². The zero-order valence-corrected chi connectivity index (χ0v) is 12.7. The van der Waals surface area contributed by atoms with E-state index < -0.39 is 34.0 Å². The van der Waals surface area contributed by atoms with Crippen molar-refractivity contribution in [3.8, 4) is 0 Å². The Morgan fingerprint density at radius 2 is 1.76 bits per heavy atom. The molecular weight excluding hydrogens is 341 g/mol. The maximum Gasteiger partial charge on any atom is 0.175 e. The molecule has 2 aromatic rings. The van der Waals surface area contributed by atoms with Crippen LogP contribution in [0.4, 0.5) is 8.78 Å². The summed E-state index contributed by atoms with van der Waals surface area (Å²) in [7, 11) is -1.99. The van der Waals surface area contributed by atoms with Gasteiger partial charge in [-0.2, -0.15) is 0 Å². The highest BCUT2D eigenvalue weighted by Gasteiger charge is 2.17. The molecular formula is C14H8Cl2F2O2S. The second-order valence-corrected chi connectivity index (χ2v) is 6.35. The average molecular weight is 349 g/mol. The molecule has 0 aliphatic heterocycles. The zero-order valence-electron chi connectivity index (χ0n) is 10.4. The first-order valence-electron chi connectivity index (χ1n) is 5.70. The van der Waals surface area contributed by atoms with Gasteiger partial charge in [-0.15, -0.1) is 0 Å². The molecule has 0 N–H and O–H groups in total. The Labute approximate surface area is 132 Å². The van der Waals surface area contributed by atoms with E-state index in [1.165, 1.54) is 18.2 Å². The molecule has 0 aromatic heterocycles. The number of ketones is 1. The van der Waals surface area contributed by atoms with Crippen molar-refractivity contribution >= 4 is 39.8 Å². The van der Waals surface area contributed by atoms with Gasteiger partial charge in [0, 0.05) is 5.56 Å². The molecule has 21 heavy (non-hydrogen) atoms. The smallest absolute Gasteiger partial charge is 0.175 e. The molecule has 0 bridgehead atoms. The number of hydrogen-bond donors (Lipinski definition) is 0. The molecule has 0 aliphatic rings. The summed E-state index contributed by atoms with van der Waals surface area (Å²) in [5.74, 6) is -2.52. The van der Waals surface area contributed by atoms with Gasteiger partial charge in [-0.3, -0.25) is 9.00 Å². The zero-order chi connectivity index (χ0) is 15.6. The van der Waals surface area contributed by atoms with E-state index in [0.717, 1.165) is 18.2 Å². The lowest BCUT2D eigenvalue weighted by molar-refractivity contribution is 0.102. The lowest BCUT2D eigenvalue weighted by atomic mass is 10.1. The summed E-state index contributed by atoms with van der Waals surface area (Å²) in [5, 5.41) is 0.468.